The Morgan fingerprint density at radius 2 is 2.09 bits per heavy atom. The molecule has 0 unspecified atom stereocenters. The molecule has 116 valence electrons. The summed E-state index contributed by atoms with van der Waals surface area (Å²) < 4.78 is 10.9. The van der Waals surface area contributed by atoms with Crippen molar-refractivity contribution in [3.05, 3.63) is 59.9 Å². The number of nitrogens with one attached hydrogen (secondary N) is 1. The standard InChI is InChI=1S/C16H14N4O3/c1-10-15(22-11(2)18-10)16(21)19-12-5-3-6-13(9-12)23-14-7-4-8-17-20-14/h3-9H,1-2H3,(H,19,21). The minimum atomic E-state index is -0.361. The summed E-state index contributed by atoms with van der Waals surface area (Å²) in [7, 11) is 0. The van der Waals surface area contributed by atoms with Crippen LogP contribution in [0, 0.1) is 13.8 Å². The van der Waals surface area contributed by atoms with E-state index < -0.39 is 0 Å². The second kappa shape index (κ2) is 6.27. The number of hydrogen-bond acceptors (Lipinski definition) is 6. The van der Waals surface area contributed by atoms with Crippen LogP contribution >= 0.6 is 0 Å². The third-order valence-electron chi connectivity index (χ3n) is 2.97. The predicted molar refractivity (Wildman–Crippen MR) is 82.5 cm³/mol. The second-order valence-corrected chi connectivity index (χ2v) is 4.79. The van der Waals surface area contributed by atoms with Gasteiger partial charge in [0.05, 0.1) is 5.69 Å². The van der Waals surface area contributed by atoms with Crippen LogP contribution in [0.15, 0.2) is 47.0 Å². The third-order valence-corrected chi connectivity index (χ3v) is 2.97. The molecule has 7 heteroatoms. The van der Waals surface area contributed by atoms with E-state index in [0.29, 0.717) is 28.9 Å². The molecular weight excluding hydrogens is 296 g/mol. The first-order chi connectivity index (χ1) is 11.1. The number of rotatable bonds is 4. The van der Waals surface area contributed by atoms with Gasteiger partial charge in [0.15, 0.2) is 5.89 Å². The zero-order valence-corrected chi connectivity index (χ0v) is 12.6. The lowest BCUT2D eigenvalue weighted by Gasteiger charge is -2.07. The molecule has 2 heterocycles. The molecule has 0 aliphatic rings. The summed E-state index contributed by atoms with van der Waals surface area (Å²) in [5.74, 6) is 1.20. The number of nitrogens with zero attached hydrogens (tertiary/aromatic N) is 3. The zero-order chi connectivity index (χ0) is 16.2. The number of anilines is 1. The molecule has 0 aliphatic carbocycles. The average Bonchev–Trinajstić information content (AvgIpc) is 2.87. The number of benzene rings is 1. The molecular formula is C16H14N4O3. The summed E-state index contributed by atoms with van der Waals surface area (Å²) in [6, 6.07) is 10.4. The van der Waals surface area contributed by atoms with Gasteiger partial charge in [-0.05, 0) is 25.1 Å². The Hall–Kier alpha value is -3.22. The molecule has 0 bridgehead atoms. The summed E-state index contributed by atoms with van der Waals surface area (Å²) in [5.41, 5.74) is 1.12. The van der Waals surface area contributed by atoms with Crippen molar-refractivity contribution in [1.29, 1.82) is 0 Å². The maximum atomic E-state index is 12.2. The summed E-state index contributed by atoms with van der Waals surface area (Å²) in [4.78, 5) is 16.3. The Labute approximate surface area is 132 Å². The van der Waals surface area contributed by atoms with Crippen LogP contribution in [0.5, 0.6) is 11.6 Å². The van der Waals surface area contributed by atoms with Crippen LogP contribution in [-0.2, 0) is 0 Å². The normalized spacial score (nSPS) is 10.3. The van der Waals surface area contributed by atoms with Crippen molar-refractivity contribution >= 4 is 11.6 Å². The Kier molecular flexibility index (Phi) is 4.01. The highest BCUT2D eigenvalue weighted by atomic mass is 16.5. The molecule has 3 aromatic rings. The van der Waals surface area contributed by atoms with E-state index in [1.165, 1.54) is 0 Å². The highest BCUT2D eigenvalue weighted by Gasteiger charge is 2.16. The van der Waals surface area contributed by atoms with Crippen molar-refractivity contribution in [2.45, 2.75) is 13.8 Å². The van der Waals surface area contributed by atoms with Gasteiger partial charge in [-0.25, -0.2) is 4.98 Å². The number of hydrogen-bond donors (Lipinski definition) is 1. The maximum absolute atomic E-state index is 12.2. The van der Waals surface area contributed by atoms with E-state index in [0.717, 1.165) is 0 Å². The van der Waals surface area contributed by atoms with E-state index >= 15 is 0 Å². The first kappa shape index (κ1) is 14.7. The average molecular weight is 310 g/mol. The molecule has 0 radical (unpaired) electrons. The van der Waals surface area contributed by atoms with Crippen molar-refractivity contribution in [3.63, 3.8) is 0 Å². The van der Waals surface area contributed by atoms with Gasteiger partial charge in [0.2, 0.25) is 11.6 Å². The van der Waals surface area contributed by atoms with Crippen LogP contribution in [0.2, 0.25) is 0 Å². The molecule has 7 nitrogen and oxygen atoms in total. The fourth-order valence-electron chi connectivity index (χ4n) is 2.03. The van der Waals surface area contributed by atoms with Crippen molar-refractivity contribution in [3.8, 4) is 11.6 Å². The SMILES string of the molecule is Cc1nc(C)c(C(=O)Nc2cccc(Oc3cccnn3)c2)o1. The van der Waals surface area contributed by atoms with Gasteiger partial charge in [-0.1, -0.05) is 6.07 Å². The number of ether oxygens (including phenoxy) is 1. The lowest BCUT2D eigenvalue weighted by molar-refractivity contribution is 0.0994. The van der Waals surface area contributed by atoms with Gasteiger partial charge in [0, 0.05) is 30.9 Å². The molecule has 0 fully saturated rings. The lowest BCUT2D eigenvalue weighted by atomic mass is 10.3. The number of carbonyl (C=O) groups excluding carboxylic acids is 1. The largest absolute Gasteiger partial charge is 0.437 e. The molecule has 0 spiro atoms. The Morgan fingerprint density at radius 1 is 1.22 bits per heavy atom. The van der Waals surface area contributed by atoms with E-state index in [1.54, 1.807) is 56.4 Å². The van der Waals surface area contributed by atoms with Crippen molar-refractivity contribution in [2.75, 3.05) is 5.32 Å². The summed E-state index contributed by atoms with van der Waals surface area (Å²) in [5, 5.41) is 10.3. The molecule has 3 rings (SSSR count). The summed E-state index contributed by atoms with van der Waals surface area (Å²) in [6.07, 6.45) is 1.56. The number of aryl methyl sites for hydroxylation is 2. The van der Waals surface area contributed by atoms with Crippen molar-refractivity contribution in [2.24, 2.45) is 0 Å². The molecule has 23 heavy (non-hydrogen) atoms. The summed E-state index contributed by atoms with van der Waals surface area (Å²) in [6.45, 7) is 3.41. The number of oxazole rings is 1. The van der Waals surface area contributed by atoms with Crippen LogP contribution in [0.4, 0.5) is 5.69 Å². The van der Waals surface area contributed by atoms with Crippen molar-refractivity contribution in [1.82, 2.24) is 15.2 Å². The second-order valence-electron chi connectivity index (χ2n) is 4.79. The lowest BCUT2D eigenvalue weighted by Crippen LogP contribution is -2.12. The minimum absolute atomic E-state index is 0.197. The number of aromatic nitrogens is 3. The number of amides is 1. The smallest absolute Gasteiger partial charge is 0.293 e. The first-order valence-electron chi connectivity index (χ1n) is 6.93. The molecule has 0 aliphatic heterocycles. The quantitative estimate of drug-likeness (QED) is 0.796. The van der Waals surface area contributed by atoms with Gasteiger partial charge in [-0.15, -0.1) is 5.10 Å². The van der Waals surface area contributed by atoms with Crippen LogP contribution in [0.25, 0.3) is 0 Å². The first-order valence-corrected chi connectivity index (χ1v) is 6.93. The predicted octanol–water partition coefficient (Wildman–Crippen LogP) is 3.13. The Morgan fingerprint density at radius 3 is 2.78 bits per heavy atom. The molecule has 1 N–H and O–H groups in total. The van der Waals surface area contributed by atoms with Gasteiger partial charge in [-0.3, -0.25) is 4.79 Å². The van der Waals surface area contributed by atoms with E-state index in [-0.39, 0.29) is 11.7 Å². The van der Waals surface area contributed by atoms with Crippen molar-refractivity contribution < 1.29 is 13.9 Å². The van der Waals surface area contributed by atoms with Gasteiger partial charge < -0.3 is 14.5 Å². The monoisotopic (exact) mass is 310 g/mol. The maximum Gasteiger partial charge on any atom is 0.293 e. The molecule has 0 atom stereocenters. The molecule has 2 aromatic heterocycles. The third kappa shape index (κ3) is 3.52. The van der Waals surface area contributed by atoms with E-state index in [2.05, 4.69) is 20.5 Å². The molecule has 0 saturated carbocycles. The fourth-order valence-corrected chi connectivity index (χ4v) is 2.03. The topological polar surface area (TPSA) is 90.1 Å². The molecule has 1 amide bonds. The summed E-state index contributed by atoms with van der Waals surface area (Å²) >= 11 is 0. The molecule has 0 saturated heterocycles. The van der Waals surface area contributed by atoms with Gasteiger partial charge in [0.25, 0.3) is 5.91 Å². The van der Waals surface area contributed by atoms with Crippen LogP contribution in [0.3, 0.4) is 0 Å². The van der Waals surface area contributed by atoms with Gasteiger partial charge in [-0.2, -0.15) is 5.10 Å². The Balaban J connectivity index is 1.75. The molecule has 1 aromatic carbocycles. The highest BCUT2D eigenvalue weighted by Crippen LogP contribution is 2.23. The fraction of sp³-hybridized carbons (Fsp3) is 0.125. The number of carbonyl (C=O) groups is 1. The zero-order valence-electron chi connectivity index (χ0n) is 12.6. The van der Waals surface area contributed by atoms with Crippen LogP contribution < -0.4 is 10.1 Å². The minimum Gasteiger partial charge on any atom is -0.437 e. The van der Waals surface area contributed by atoms with Crippen LogP contribution in [-0.4, -0.2) is 21.1 Å². The van der Waals surface area contributed by atoms with Gasteiger partial charge in [0.1, 0.15) is 5.75 Å². The van der Waals surface area contributed by atoms with Crippen LogP contribution in [0.1, 0.15) is 22.1 Å². The van der Waals surface area contributed by atoms with E-state index in [1.807, 2.05) is 0 Å². The van der Waals surface area contributed by atoms with E-state index in [9.17, 15) is 4.79 Å². The highest BCUT2D eigenvalue weighted by molar-refractivity contribution is 6.03. The van der Waals surface area contributed by atoms with E-state index in [4.69, 9.17) is 9.15 Å². The Bertz CT molecular complexity index is 830. The van der Waals surface area contributed by atoms with Gasteiger partial charge >= 0.3 is 0 Å².